The van der Waals surface area contributed by atoms with Gasteiger partial charge in [-0.15, -0.1) is 0 Å². The molecule has 8 nitrogen and oxygen atoms in total. The number of carbonyl (C=O) groups is 3. The fourth-order valence-electron chi connectivity index (χ4n) is 6.86. The van der Waals surface area contributed by atoms with Gasteiger partial charge in [0.05, 0.1) is 12.2 Å². The van der Waals surface area contributed by atoms with Crippen molar-refractivity contribution in [2.24, 2.45) is 23.7 Å². The molecule has 9 atom stereocenters. The summed E-state index contributed by atoms with van der Waals surface area (Å²) in [7, 11) is 0. The predicted molar refractivity (Wildman–Crippen MR) is 168 cm³/mol. The second-order valence-corrected chi connectivity index (χ2v) is 13.1. The molecule has 2 N–H and O–H groups in total. The standard InChI is InChI=1S/C36H51NO7/c1-5-28(23-27-16-10-8-11-17-27)31-19-12-7-6-9-15-24(2)32(38)26(4)30-21-20-25(3)36(42,44-30)33(39)34(40)37-22-14-13-18-29(37)35(41)43-31/h6,8-12,16-17,19,24-26,28-32,38,42H,5,7,13-15,18,20-23H2,1-4H3/b9-6+,19-12+/t24-,25-,26+,28-,29-,30+,31+,32+,36-/m1/s1. The number of carbonyl (C=O) groups excluding carboxylic acids is 3. The lowest BCUT2D eigenvalue weighted by Gasteiger charge is -2.44. The number of piperidine rings is 1. The number of ketones is 1. The van der Waals surface area contributed by atoms with E-state index in [0.29, 0.717) is 38.5 Å². The minimum atomic E-state index is -2.33. The molecule has 3 aliphatic rings. The quantitative estimate of drug-likeness (QED) is 0.275. The maximum Gasteiger partial charge on any atom is 0.329 e. The van der Waals surface area contributed by atoms with Gasteiger partial charge in [0.1, 0.15) is 12.1 Å². The number of hydrogen-bond donors (Lipinski definition) is 2. The zero-order valence-corrected chi connectivity index (χ0v) is 26.8. The van der Waals surface area contributed by atoms with Crippen LogP contribution < -0.4 is 0 Å². The molecule has 8 heteroatoms. The summed E-state index contributed by atoms with van der Waals surface area (Å²) in [6.07, 6.45) is 11.7. The van der Waals surface area contributed by atoms with Gasteiger partial charge in [-0.3, -0.25) is 9.59 Å². The first-order valence-corrected chi connectivity index (χ1v) is 16.6. The molecular formula is C36H51NO7. The minimum absolute atomic E-state index is 0.0100. The smallest absolute Gasteiger partial charge is 0.329 e. The Morgan fingerprint density at radius 1 is 1.00 bits per heavy atom. The Labute approximate surface area is 262 Å². The molecular weight excluding hydrogens is 558 g/mol. The zero-order chi connectivity index (χ0) is 31.9. The Bertz CT molecular complexity index is 1180. The summed E-state index contributed by atoms with van der Waals surface area (Å²) in [4.78, 5) is 42.6. The molecule has 44 heavy (non-hydrogen) atoms. The van der Waals surface area contributed by atoms with E-state index in [1.807, 2.05) is 56.4 Å². The van der Waals surface area contributed by atoms with Crippen LogP contribution in [0.2, 0.25) is 0 Å². The molecule has 1 aromatic rings. The number of nitrogens with zero attached hydrogens (tertiary/aromatic N) is 1. The Hall–Kier alpha value is -2.81. The first-order valence-electron chi connectivity index (χ1n) is 16.6. The van der Waals surface area contributed by atoms with Crippen LogP contribution >= 0.6 is 0 Å². The van der Waals surface area contributed by atoms with Gasteiger partial charge in [-0.1, -0.05) is 76.3 Å². The molecule has 2 fully saturated rings. The molecule has 0 radical (unpaired) electrons. The van der Waals surface area contributed by atoms with Crippen molar-refractivity contribution >= 4 is 17.7 Å². The van der Waals surface area contributed by atoms with E-state index in [1.165, 1.54) is 4.90 Å². The number of benzene rings is 1. The largest absolute Gasteiger partial charge is 0.456 e. The van der Waals surface area contributed by atoms with Crippen molar-refractivity contribution in [3.8, 4) is 0 Å². The Balaban J connectivity index is 1.66. The van der Waals surface area contributed by atoms with E-state index in [1.54, 1.807) is 6.92 Å². The normalized spacial score (nSPS) is 36.6. The number of allylic oxidation sites excluding steroid dienone is 3. The highest BCUT2D eigenvalue weighted by Gasteiger charge is 2.53. The maximum absolute atomic E-state index is 13.8. The van der Waals surface area contributed by atoms with Crippen LogP contribution in [0.3, 0.4) is 0 Å². The number of amides is 1. The average Bonchev–Trinajstić information content (AvgIpc) is 3.04. The minimum Gasteiger partial charge on any atom is -0.456 e. The SMILES string of the molecule is CC[C@H](Cc1ccccc1)[C@@H]1/C=C/C/C=C/C[C@@H](C)[C@H](O)[C@@H](C)[C@@H]2CC[C@@H](C)[C@@](O)(O2)C(=O)C(=O)N2CCCC[C@@H]2C(=O)O1. The highest BCUT2D eigenvalue weighted by atomic mass is 16.6. The van der Waals surface area contributed by atoms with Crippen molar-refractivity contribution in [2.45, 2.75) is 116 Å². The molecule has 1 amide bonds. The number of esters is 1. The van der Waals surface area contributed by atoms with Gasteiger partial charge in [0.2, 0.25) is 5.79 Å². The van der Waals surface area contributed by atoms with E-state index in [4.69, 9.17) is 9.47 Å². The number of aliphatic hydroxyl groups is 2. The van der Waals surface area contributed by atoms with Gasteiger partial charge < -0.3 is 24.6 Å². The van der Waals surface area contributed by atoms with Gasteiger partial charge in [-0.05, 0) is 75.3 Å². The molecule has 0 aliphatic carbocycles. The second-order valence-electron chi connectivity index (χ2n) is 13.1. The lowest BCUT2D eigenvalue weighted by molar-refractivity contribution is -0.274. The van der Waals surface area contributed by atoms with Crippen molar-refractivity contribution < 1.29 is 34.1 Å². The Morgan fingerprint density at radius 3 is 2.48 bits per heavy atom. The molecule has 2 saturated heterocycles. The molecule has 0 spiro atoms. The Morgan fingerprint density at radius 2 is 1.75 bits per heavy atom. The molecule has 0 aromatic heterocycles. The number of fused-ring (bicyclic) bond motifs is 3. The summed E-state index contributed by atoms with van der Waals surface area (Å²) in [5, 5.41) is 22.8. The number of hydrogen-bond acceptors (Lipinski definition) is 7. The molecule has 4 rings (SSSR count). The van der Waals surface area contributed by atoms with E-state index in [2.05, 4.69) is 19.1 Å². The molecule has 242 valence electrons. The third-order valence-electron chi connectivity index (χ3n) is 10.0. The van der Waals surface area contributed by atoms with E-state index in [0.717, 1.165) is 24.8 Å². The molecule has 2 bridgehead atoms. The summed E-state index contributed by atoms with van der Waals surface area (Å²) in [6.45, 7) is 7.82. The van der Waals surface area contributed by atoms with Crippen LogP contribution in [0.4, 0.5) is 0 Å². The lowest BCUT2D eigenvalue weighted by atomic mass is 9.80. The first-order chi connectivity index (χ1) is 21.1. The number of aliphatic hydroxyl groups excluding tert-OH is 1. The summed E-state index contributed by atoms with van der Waals surface area (Å²) in [6, 6.07) is 9.17. The van der Waals surface area contributed by atoms with Crippen molar-refractivity contribution in [1.29, 1.82) is 0 Å². The number of cyclic esters (lactones) is 1. The predicted octanol–water partition coefficient (Wildman–Crippen LogP) is 5.16. The van der Waals surface area contributed by atoms with Crippen LogP contribution in [0, 0.1) is 23.7 Å². The highest BCUT2D eigenvalue weighted by molar-refractivity contribution is 6.39. The van der Waals surface area contributed by atoms with Crippen LogP contribution in [0.5, 0.6) is 0 Å². The molecule has 3 aliphatic heterocycles. The van der Waals surface area contributed by atoms with E-state index in [-0.39, 0.29) is 24.3 Å². The number of rotatable bonds is 4. The van der Waals surface area contributed by atoms with E-state index < -0.39 is 53.7 Å². The number of ether oxygens (including phenoxy) is 2. The number of Topliss-reactive ketones (excluding diaryl/α,β-unsaturated/α-hetero) is 1. The van der Waals surface area contributed by atoms with Crippen molar-refractivity contribution in [3.63, 3.8) is 0 Å². The molecule has 0 unspecified atom stereocenters. The second kappa shape index (κ2) is 15.5. The van der Waals surface area contributed by atoms with E-state index in [9.17, 15) is 24.6 Å². The monoisotopic (exact) mass is 609 g/mol. The van der Waals surface area contributed by atoms with Crippen LogP contribution in [-0.4, -0.2) is 69.5 Å². The van der Waals surface area contributed by atoms with Crippen LogP contribution in [0.1, 0.15) is 84.6 Å². The molecule has 0 saturated carbocycles. The lowest BCUT2D eigenvalue weighted by Crippen LogP contribution is -2.61. The maximum atomic E-state index is 13.8. The average molecular weight is 610 g/mol. The molecule has 1 aromatic carbocycles. The fourth-order valence-corrected chi connectivity index (χ4v) is 6.86. The summed E-state index contributed by atoms with van der Waals surface area (Å²) in [5.41, 5.74) is 1.15. The summed E-state index contributed by atoms with van der Waals surface area (Å²) < 4.78 is 12.2. The van der Waals surface area contributed by atoms with Gasteiger partial charge in [-0.25, -0.2) is 4.79 Å². The van der Waals surface area contributed by atoms with Crippen LogP contribution in [0.15, 0.2) is 54.6 Å². The Kier molecular flexibility index (Phi) is 12.0. The van der Waals surface area contributed by atoms with Gasteiger partial charge in [0, 0.05) is 24.3 Å². The highest BCUT2D eigenvalue weighted by Crippen LogP contribution is 2.38. The van der Waals surface area contributed by atoms with Crippen molar-refractivity contribution in [2.75, 3.05) is 6.54 Å². The topological polar surface area (TPSA) is 113 Å². The fraction of sp³-hybridized carbons (Fsp3) is 0.639. The zero-order valence-electron chi connectivity index (χ0n) is 26.8. The summed E-state index contributed by atoms with van der Waals surface area (Å²) >= 11 is 0. The van der Waals surface area contributed by atoms with Gasteiger partial charge in [0.15, 0.2) is 0 Å². The van der Waals surface area contributed by atoms with Gasteiger partial charge >= 0.3 is 5.97 Å². The van der Waals surface area contributed by atoms with Gasteiger partial charge in [-0.2, -0.15) is 0 Å². The van der Waals surface area contributed by atoms with Crippen LogP contribution in [-0.2, 0) is 30.3 Å². The third-order valence-corrected chi connectivity index (χ3v) is 10.0. The van der Waals surface area contributed by atoms with Crippen molar-refractivity contribution in [1.82, 2.24) is 4.90 Å². The van der Waals surface area contributed by atoms with Crippen molar-refractivity contribution in [3.05, 3.63) is 60.2 Å². The van der Waals surface area contributed by atoms with E-state index >= 15 is 0 Å². The third kappa shape index (κ3) is 7.88. The molecule has 3 heterocycles. The summed E-state index contributed by atoms with van der Waals surface area (Å²) in [5.74, 6) is -5.91. The first kappa shape index (κ1) is 34.1. The van der Waals surface area contributed by atoms with Gasteiger partial charge in [0.25, 0.3) is 11.7 Å². The van der Waals surface area contributed by atoms with Crippen LogP contribution in [0.25, 0.3) is 0 Å².